The van der Waals surface area contributed by atoms with Gasteiger partial charge in [-0.25, -0.2) is 4.98 Å². The summed E-state index contributed by atoms with van der Waals surface area (Å²) in [5, 5.41) is 2.39. The van der Waals surface area contributed by atoms with Gasteiger partial charge >= 0.3 is 0 Å². The lowest BCUT2D eigenvalue weighted by molar-refractivity contribution is -0.571. The minimum Gasteiger partial charge on any atom is -0.458 e. The molecule has 0 aliphatic heterocycles. The number of nitrogens with zero attached hydrogens (tertiary/aromatic N) is 4. The quantitative estimate of drug-likeness (QED) is 0.108. The van der Waals surface area contributed by atoms with E-state index in [4.69, 9.17) is 9.72 Å². The Kier molecular flexibility index (Phi) is 9.60. The Balaban J connectivity index is 1.08. The number of para-hydroxylation sites is 3. The third-order valence-corrected chi connectivity index (χ3v) is 11.6. The topological polar surface area (TPSA) is 35.9 Å². The van der Waals surface area contributed by atoms with Gasteiger partial charge in [-0.1, -0.05) is 150 Å². The summed E-state index contributed by atoms with van der Waals surface area (Å²) in [5.74, 6) is 2.95. The Hall–Kier alpha value is -7.24. The molecule has 0 bridgehead atoms. The Labute approximate surface area is 357 Å². The van der Waals surface area contributed by atoms with Crippen molar-refractivity contribution in [2.45, 2.75) is 46.5 Å². The number of ether oxygens (including phenoxy) is 1. The summed E-state index contributed by atoms with van der Waals surface area (Å²) in [6.07, 6.45) is 6.76. The van der Waals surface area contributed by atoms with E-state index in [0.29, 0.717) is 5.92 Å². The molecule has 10 aromatic rings. The maximum absolute atomic E-state index is 6.78. The number of aromatic nitrogens is 4. The van der Waals surface area contributed by atoms with Crippen molar-refractivity contribution in [3.63, 3.8) is 0 Å². The number of benzene rings is 7. The second-order valence-corrected chi connectivity index (χ2v) is 17.4. The lowest BCUT2D eigenvalue weighted by Crippen LogP contribution is -2.31. The molecule has 3 heterocycles. The van der Waals surface area contributed by atoms with Crippen LogP contribution in [-0.2, 0) is 11.8 Å². The zero-order valence-corrected chi connectivity index (χ0v) is 35.3. The molecule has 0 spiro atoms. The molecule has 0 saturated heterocycles. The molecular weight excluding hydrogens is 745 g/mol. The number of fused-ring (bicyclic) bond motifs is 4. The summed E-state index contributed by atoms with van der Waals surface area (Å²) < 4.78 is 13.4. The highest BCUT2D eigenvalue weighted by Crippen LogP contribution is 2.38. The molecule has 3 aromatic heterocycles. The van der Waals surface area contributed by atoms with E-state index in [1.54, 1.807) is 0 Å². The molecule has 61 heavy (non-hydrogen) atoms. The number of hydrogen-bond acceptors (Lipinski definition) is 2. The van der Waals surface area contributed by atoms with Gasteiger partial charge in [-0.05, 0) is 106 Å². The normalized spacial score (nSPS) is 11.9. The second-order valence-electron chi connectivity index (χ2n) is 17.4. The van der Waals surface area contributed by atoms with Crippen LogP contribution in [0.2, 0.25) is 0 Å². The summed E-state index contributed by atoms with van der Waals surface area (Å²) in [6, 6.07) is 62.3. The highest BCUT2D eigenvalue weighted by molar-refractivity contribution is 6.09. The molecule has 5 nitrogen and oxygen atoms in total. The molecule has 0 saturated carbocycles. The highest BCUT2D eigenvalue weighted by Gasteiger charge is 2.21. The van der Waals surface area contributed by atoms with Gasteiger partial charge in [0.25, 0.3) is 6.33 Å². The molecule has 0 unspecified atom stereocenters. The highest BCUT2D eigenvalue weighted by atomic mass is 16.5. The molecule has 10 rings (SSSR count). The second kappa shape index (κ2) is 15.4. The van der Waals surface area contributed by atoms with E-state index in [1.807, 2.05) is 12.3 Å². The van der Waals surface area contributed by atoms with Crippen molar-refractivity contribution in [3.8, 4) is 50.9 Å². The lowest BCUT2D eigenvalue weighted by Gasteiger charge is -2.20. The minimum atomic E-state index is -0.0165. The van der Waals surface area contributed by atoms with Gasteiger partial charge in [0.2, 0.25) is 0 Å². The Bertz CT molecular complexity index is 3150. The van der Waals surface area contributed by atoms with Gasteiger partial charge in [0.15, 0.2) is 0 Å². The van der Waals surface area contributed by atoms with Crippen molar-refractivity contribution < 1.29 is 9.30 Å². The standard InChI is InChI=1S/C56H48N4O/c1-38(2)32-39-26-29-50-49(33-39)48-28-27-45(36-53(48)60(50)54-34-42(30-31-57-54)56(3,4)5)61-44-21-14-20-43(35-44)58-37-59(52-25-13-12-24-51(52)58)55-46(40-16-8-6-9-17-40)22-15-23-47(55)41-18-10-7-11-19-41/h6-31,33-36,38H,32H2,1-5H3. The van der Waals surface area contributed by atoms with Crippen molar-refractivity contribution in [1.82, 2.24) is 14.1 Å². The number of hydrogen-bond donors (Lipinski definition) is 0. The largest absolute Gasteiger partial charge is 0.458 e. The first-order chi connectivity index (χ1) is 29.7. The van der Waals surface area contributed by atoms with Crippen LogP contribution in [0.15, 0.2) is 182 Å². The van der Waals surface area contributed by atoms with Crippen LogP contribution < -0.4 is 9.30 Å². The molecule has 0 aliphatic rings. The van der Waals surface area contributed by atoms with Crippen LogP contribution in [0.5, 0.6) is 11.5 Å². The Morgan fingerprint density at radius 1 is 0.607 bits per heavy atom. The Morgan fingerprint density at radius 3 is 2.02 bits per heavy atom. The Morgan fingerprint density at radius 2 is 1.30 bits per heavy atom. The van der Waals surface area contributed by atoms with Crippen LogP contribution in [-0.4, -0.2) is 14.1 Å². The third-order valence-electron chi connectivity index (χ3n) is 11.6. The van der Waals surface area contributed by atoms with Crippen molar-refractivity contribution in [2.24, 2.45) is 5.92 Å². The van der Waals surface area contributed by atoms with E-state index >= 15 is 0 Å². The first-order valence-corrected chi connectivity index (χ1v) is 21.2. The SMILES string of the molecule is CC(C)Cc1ccc2c(c1)c1ccc(Oc3cccc(-n4[c-][n+](-c5c(-c6ccccc6)cccc5-c5ccccc5)c5ccccc54)c3)cc1n2-c1cc(C(C)(C)C)ccn1. The van der Waals surface area contributed by atoms with Crippen molar-refractivity contribution in [1.29, 1.82) is 0 Å². The van der Waals surface area contributed by atoms with Crippen LogP contribution >= 0.6 is 0 Å². The maximum atomic E-state index is 6.78. The summed E-state index contributed by atoms with van der Waals surface area (Å²) in [5.41, 5.74) is 13.4. The van der Waals surface area contributed by atoms with Gasteiger partial charge in [-0.3, -0.25) is 13.7 Å². The average Bonchev–Trinajstić information content (AvgIpc) is 3.82. The minimum absolute atomic E-state index is 0.0165. The molecule has 0 atom stereocenters. The summed E-state index contributed by atoms with van der Waals surface area (Å²) in [7, 11) is 0. The number of imidazole rings is 1. The zero-order valence-electron chi connectivity index (χ0n) is 35.3. The average molecular weight is 793 g/mol. The van der Waals surface area contributed by atoms with E-state index < -0.39 is 0 Å². The monoisotopic (exact) mass is 792 g/mol. The van der Waals surface area contributed by atoms with Gasteiger partial charge in [0, 0.05) is 23.0 Å². The van der Waals surface area contributed by atoms with Gasteiger partial charge < -0.3 is 4.74 Å². The molecule has 0 aliphatic carbocycles. The summed E-state index contributed by atoms with van der Waals surface area (Å²) in [6.45, 7) is 11.3. The van der Waals surface area contributed by atoms with E-state index in [-0.39, 0.29) is 5.41 Å². The van der Waals surface area contributed by atoms with E-state index in [9.17, 15) is 0 Å². The smallest absolute Gasteiger partial charge is 0.269 e. The van der Waals surface area contributed by atoms with E-state index in [0.717, 1.165) is 79.4 Å². The van der Waals surface area contributed by atoms with Crippen molar-refractivity contribution >= 4 is 32.8 Å². The zero-order chi connectivity index (χ0) is 41.7. The predicted octanol–water partition coefficient (Wildman–Crippen LogP) is 13.8. The van der Waals surface area contributed by atoms with E-state index in [1.165, 1.54) is 21.9 Å². The van der Waals surface area contributed by atoms with Gasteiger partial charge in [-0.15, -0.1) is 0 Å². The third kappa shape index (κ3) is 7.16. The van der Waals surface area contributed by atoms with Crippen LogP contribution in [0.25, 0.3) is 72.3 Å². The molecule has 0 N–H and O–H groups in total. The fourth-order valence-electron chi connectivity index (χ4n) is 8.69. The number of rotatable bonds is 9. The van der Waals surface area contributed by atoms with Crippen LogP contribution in [0.1, 0.15) is 45.7 Å². The maximum Gasteiger partial charge on any atom is 0.269 e. The molecule has 7 aromatic carbocycles. The van der Waals surface area contributed by atoms with Gasteiger partial charge in [0.1, 0.15) is 17.3 Å². The molecule has 0 amide bonds. The first kappa shape index (κ1) is 38.0. The van der Waals surface area contributed by atoms with E-state index in [2.05, 4.69) is 225 Å². The molecule has 298 valence electrons. The molecular formula is C56H48N4O. The summed E-state index contributed by atoms with van der Waals surface area (Å²) in [4.78, 5) is 4.93. The predicted molar refractivity (Wildman–Crippen MR) is 250 cm³/mol. The molecule has 0 radical (unpaired) electrons. The van der Waals surface area contributed by atoms with Crippen molar-refractivity contribution in [3.05, 3.63) is 200 Å². The lowest BCUT2D eigenvalue weighted by atomic mass is 9.88. The summed E-state index contributed by atoms with van der Waals surface area (Å²) >= 11 is 0. The van der Waals surface area contributed by atoms with Crippen LogP contribution in [0, 0.1) is 12.2 Å². The van der Waals surface area contributed by atoms with Crippen molar-refractivity contribution in [2.75, 3.05) is 0 Å². The molecule has 5 heteroatoms. The fourth-order valence-corrected chi connectivity index (χ4v) is 8.69. The number of pyridine rings is 1. The van der Waals surface area contributed by atoms with Gasteiger partial charge in [-0.2, -0.15) is 0 Å². The fraction of sp³-hybridized carbons (Fsp3) is 0.143. The van der Waals surface area contributed by atoms with Crippen LogP contribution in [0.3, 0.4) is 0 Å². The molecule has 0 fully saturated rings. The van der Waals surface area contributed by atoms with Crippen LogP contribution in [0.4, 0.5) is 0 Å². The van der Waals surface area contributed by atoms with Gasteiger partial charge in [0.05, 0.1) is 33.4 Å². The first-order valence-electron chi connectivity index (χ1n) is 21.2.